The summed E-state index contributed by atoms with van der Waals surface area (Å²) in [5.74, 6) is -0.549. The lowest BCUT2D eigenvalue weighted by molar-refractivity contribution is -0.110. The van der Waals surface area contributed by atoms with Crippen molar-refractivity contribution in [3.8, 4) is 0 Å². The van der Waals surface area contributed by atoms with Crippen molar-refractivity contribution in [3.63, 3.8) is 0 Å². The Morgan fingerprint density at radius 1 is 0.846 bits per heavy atom. The molecule has 0 fully saturated rings. The third-order valence-corrected chi connectivity index (χ3v) is 4.06. The molecule has 0 aromatic heterocycles. The normalized spacial score (nSPS) is 14.0. The second-order valence-electron chi connectivity index (χ2n) is 5.80. The summed E-state index contributed by atoms with van der Waals surface area (Å²) in [5.41, 5.74) is 3.31. The van der Waals surface area contributed by atoms with E-state index in [1.54, 1.807) is 24.3 Å². The Kier molecular flexibility index (Phi) is 4.03. The molecule has 0 saturated carbocycles. The number of nitrogens with zero attached hydrogens (tertiary/aromatic N) is 1. The minimum atomic E-state index is -0.275. The molecule has 3 aromatic carbocycles. The van der Waals surface area contributed by atoms with E-state index in [4.69, 9.17) is 0 Å². The first-order chi connectivity index (χ1) is 12.7. The first-order valence-electron chi connectivity index (χ1n) is 8.17. The highest BCUT2D eigenvalue weighted by molar-refractivity contribution is 6.54. The molecule has 0 unspecified atom stereocenters. The lowest BCUT2D eigenvalue weighted by Crippen LogP contribution is -2.15. The maximum absolute atomic E-state index is 12.7. The lowest BCUT2D eigenvalue weighted by atomic mass is 10.1. The van der Waals surface area contributed by atoms with Gasteiger partial charge in [-0.2, -0.15) is 0 Å². The molecule has 3 aromatic rings. The van der Waals surface area contributed by atoms with Gasteiger partial charge in [0.15, 0.2) is 0 Å². The van der Waals surface area contributed by atoms with Gasteiger partial charge < -0.3 is 10.6 Å². The predicted octanol–water partition coefficient (Wildman–Crippen LogP) is 4.01. The van der Waals surface area contributed by atoms with Crippen molar-refractivity contribution in [2.75, 3.05) is 10.6 Å². The van der Waals surface area contributed by atoms with Crippen LogP contribution in [0.15, 0.2) is 83.9 Å². The van der Waals surface area contributed by atoms with Crippen LogP contribution in [-0.2, 0) is 4.79 Å². The van der Waals surface area contributed by atoms with Crippen LogP contribution in [0.25, 0.3) is 0 Å². The quantitative estimate of drug-likeness (QED) is 0.755. The van der Waals surface area contributed by atoms with Gasteiger partial charge >= 0.3 is 0 Å². The number of hydrogen-bond acceptors (Lipinski definition) is 3. The van der Waals surface area contributed by atoms with Crippen LogP contribution in [0.1, 0.15) is 15.9 Å². The molecule has 0 spiro atoms. The van der Waals surface area contributed by atoms with Gasteiger partial charge in [-0.3, -0.25) is 9.59 Å². The van der Waals surface area contributed by atoms with Gasteiger partial charge in [-0.05, 0) is 30.3 Å². The Labute approximate surface area is 150 Å². The number of carbonyl (C=O) groups is 2. The summed E-state index contributed by atoms with van der Waals surface area (Å²) >= 11 is 0. The van der Waals surface area contributed by atoms with Crippen molar-refractivity contribution >= 4 is 34.6 Å². The molecule has 2 amide bonds. The molecular weight excluding hydrogens is 326 g/mol. The Balaban J connectivity index is 1.71. The van der Waals surface area contributed by atoms with Crippen LogP contribution < -0.4 is 10.6 Å². The third-order valence-electron chi connectivity index (χ3n) is 4.06. The summed E-state index contributed by atoms with van der Waals surface area (Å²) in [5, 5.41) is 5.63. The first-order valence-corrected chi connectivity index (χ1v) is 8.17. The molecule has 1 aliphatic rings. The first kappa shape index (κ1) is 15.8. The van der Waals surface area contributed by atoms with E-state index in [9.17, 15) is 9.59 Å². The molecule has 0 bridgehead atoms. The van der Waals surface area contributed by atoms with Gasteiger partial charge in [0.25, 0.3) is 11.8 Å². The number of para-hydroxylation sites is 3. The minimum absolute atomic E-state index is 0.274. The predicted molar refractivity (Wildman–Crippen MR) is 102 cm³/mol. The Hall–Kier alpha value is -3.73. The monoisotopic (exact) mass is 341 g/mol. The van der Waals surface area contributed by atoms with Gasteiger partial charge in [-0.25, -0.2) is 4.99 Å². The zero-order valence-electron chi connectivity index (χ0n) is 13.8. The zero-order chi connectivity index (χ0) is 17.9. The maximum atomic E-state index is 12.7. The molecular formula is C21H15N3O2. The molecule has 126 valence electrons. The van der Waals surface area contributed by atoms with Gasteiger partial charge in [-0.1, -0.05) is 48.5 Å². The number of nitrogens with one attached hydrogen (secondary N) is 2. The topological polar surface area (TPSA) is 70.6 Å². The summed E-state index contributed by atoms with van der Waals surface area (Å²) in [6.45, 7) is 0. The number of rotatable bonds is 3. The van der Waals surface area contributed by atoms with Gasteiger partial charge in [-0.15, -0.1) is 0 Å². The second kappa shape index (κ2) is 6.64. The average molecular weight is 341 g/mol. The smallest absolute Gasteiger partial charge is 0.275 e. The second-order valence-corrected chi connectivity index (χ2v) is 5.80. The number of anilines is 2. The summed E-state index contributed by atoms with van der Waals surface area (Å²) in [6, 6.07) is 23.5. The largest absolute Gasteiger partial charge is 0.322 e. The average Bonchev–Trinajstić information content (AvgIpc) is 2.98. The van der Waals surface area contributed by atoms with E-state index in [2.05, 4.69) is 15.6 Å². The Morgan fingerprint density at radius 3 is 2.38 bits per heavy atom. The van der Waals surface area contributed by atoms with Gasteiger partial charge in [0.1, 0.15) is 5.71 Å². The van der Waals surface area contributed by atoms with E-state index in [0.717, 1.165) is 11.3 Å². The standard InChI is InChI=1S/C21H15N3O2/c25-20(22-14-8-2-1-3-9-14)16-11-5-7-13-18(16)23-19-15-10-4-6-12-17(15)24-21(19)26/h1-13H,(H,22,25)(H,23,24,26). The molecule has 0 radical (unpaired) electrons. The van der Waals surface area contributed by atoms with Crippen molar-refractivity contribution in [2.24, 2.45) is 4.99 Å². The van der Waals surface area contributed by atoms with Gasteiger partial charge in [0.2, 0.25) is 0 Å². The molecule has 4 rings (SSSR count). The fraction of sp³-hybridized carbons (Fsp3) is 0. The fourth-order valence-corrected chi connectivity index (χ4v) is 2.82. The van der Waals surface area contributed by atoms with E-state index in [1.165, 1.54) is 0 Å². The number of aliphatic imine (C=N–C) groups is 1. The number of fused-ring (bicyclic) bond motifs is 1. The van der Waals surface area contributed by atoms with Crippen LogP contribution in [-0.4, -0.2) is 17.5 Å². The van der Waals surface area contributed by atoms with Crippen LogP contribution >= 0.6 is 0 Å². The molecule has 5 heteroatoms. The summed E-state index contributed by atoms with van der Waals surface area (Å²) in [4.78, 5) is 29.4. The lowest BCUT2D eigenvalue weighted by Gasteiger charge is -2.08. The van der Waals surface area contributed by atoms with Gasteiger partial charge in [0.05, 0.1) is 16.9 Å². The highest BCUT2D eigenvalue weighted by Gasteiger charge is 2.26. The van der Waals surface area contributed by atoms with E-state index in [1.807, 2.05) is 54.6 Å². The van der Waals surface area contributed by atoms with Crippen molar-refractivity contribution in [3.05, 3.63) is 90.0 Å². The van der Waals surface area contributed by atoms with Crippen LogP contribution in [0.2, 0.25) is 0 Å². The number of carbonyl (C=O) groups excluding carboxylic acids is 2. The maximum Gasteiger partial charge on any atom is 0.275 e. The third kappa shape index (κ3) is 2.98. The number of amides is 2. The molecule has 1 heterocycles. The minimum Gasteiger partial charge on any atom is -0.322 e. The SMILES string of the molecule is O=C1Nc2ccccc2C1=Nc1ccccc1C(=O)Nc1ccccc1. The number of benzene rings is 3. The van der Waals surface area contributed by atoms with Crippen molar-refractivity contribution in [1.82, 2.24) is 0 Å². The van der Waals surface area contributed by atoms with Crippen LogP contribution in [0.5, 0.6) is 0 Å². The molecule has 0 atom stereocenters. The Morgan fingerprint density at radius 2 is 1.54 bits per heavy atom. The van der Waals surface area contributed by atoms with E-state index >= 15 is 0 Å². The zero-order valence-corrected chi connectivity index (χ0v) is 13.8. The van der Waals surface area contributed by atoms with Crippen molar-refractivity contribution in [2.45, 2.75) is 0 Å². The van der Waals surface area contributed by atoms with Crippen LogP contribution in [0.3, 0.4) is 0 Å². The Bertz CT molecular complexity index is 1030. The molecule has 0 aliphatic carbocycles. The summed E-state index contributed by atoms with van der Waals surface area (Å²) < 4.78 is 0. The highest BCUT2D eigenvalue weighted by atomic mass is 16.2. The van der Waals surface area contributed by atoms with Crippen molar-refractivity contribution in [1.29, 1.82) is 0 Å². The van der Waals surface area contributed by atoms with Gasteiger partial charge in [0, 0.05) is 11.3 Å². The van der Waals surface area contributed by atoms with Crippen LogP contribution in [0, 0.1) is 0 Å². The molecule has 1 aliphatic heterocycles. The highest BCUT2D eigenvalue weighted by Crippen LogP contribution is 2.27. The summed E-state index contributed by atoms with van der Waals surface area (Å²) in [6.07, 6.45) is 0. The van der Waals surface area contributed by atoms with Crippen LogP contribution in [0.4, 0.5) is 17.1 Å². The number of hydrogen-bond donors (Lipinski definition) is 2. The molecule has 5 nitrogen and oxygen atoms in total. The van der Waals surface area contributed by atoms with E-state index in [-0.39, 0.29) is 11.8 Å². The van der Waals surface area contributed by atoms with Crippen molar-refractivity contribution < 1.29 is 9.59 Å². The molecule has 26 heavy (non-hydrogen) atoms. The summed E-state index contributed by atoms with van der Waals surface area (Å²) in [7, 11) is 0. The van der Waals surface area contributed by atoms with E-state index in [0.29, 0.717) is 22.6 Å². The fourth-order valence-electron chi connectivity index (χ4n) is 2.82. The molecule has 0 saturated heterocycles. The molecule has 2 N–H and O–H groups in total. The van der Waals surface area contributed by atoms with E-state index < -0.39 is 0 Å².